The third-order valence-electron chi connectivity index (χ3n) is 10.4. The van der Waals surface area contributed by atoms with Crippen LogP contribution in [0.1, 0.15) is 82.1 Å². The summed E-state index contributed by atoms with van der Waals surface area (Å²) in [5, 5.41) is 50.1. The predicted octanol–water partition coefficient (Wildman–Crippen LogP) is 6.73. The van der Waals surface area contributed by atoms with Gasteiger partial charge in [0.25, 0.3) is 0 Å². The van der Waals surface area contributed by atoms with Gasteiger partial charge in [-0.05, 0) is 87.5 Å². The molecule has 1 saturated heterocycles. The molecule has 300 valence electrons. The van der Waals surface area contributed by atoms with Crippen LogP contribution in [0.2, 0.25) is 0 Å². The summed E-state index contributed by atoms with van der Waals surface area (Å²) in [6.45, 7) is 19.1. The Hall–Kier alpha value is -3.80. The summed E-state index contributed by atoms with van der Waals surface area (Å²) in [6.07, 6.45) is 19.7. The van der Waals surface area contributed by atoms with Crippen molar-refractivity contribution in [3.63, 3.8) is 0 Å². The van der Waals surface area contributed by atoms with E-state index in [0.717, 1.165) is 33.4 Å². The van der Waals surface area contributed by atoms with E-state index in [-0.39, 0.29) is 17.0 Å². The van der Waals surface area contributed by atoms with E-state index in [1.165, 1.54) is 0 Å². The Morgan fingerprint density at radius 2 is 1.09 bits per heavy atom. The van der Waals surface area contributed by atoms with Gasteiger partial charge in [0.05, 0.1) is 6.61 Å². The maximum atomic E-state index is 13.3. The van der Waals surface area contributed by atoms with Crippen LogP contribution in [0.25, 0.3) is 0 Å². The largest absolute Gasteiger partial charge is 0.394 e. The van der Waals surface area contributed by atoms with Crippen LogP contribution in [-0.2, 0) is 19.1 Å². The van der Waals surface area contributed by atoms with Crippen molar-refractivity contribution < 1.29 is 44.6 Å². The molecule has 0 saturated carbocycles. The molecule has 5 unspecified atom stereocenters. The van der Waals surface area contributed by atoms with Crippen LogP contribution < -0.4 is 0 Å². The molecule has 0 aromatic heterocycles. The van der Waals surface area contributed by atoms with E-state index in [4.69, 9.17) is 9.47 Å². The zero-order chi connectivity index (χ0) is 41.2. The van der Waals surface area contributed by atoms with Crippen molar-refractivity contribution in [2.75, 3.05) is 6.61 Å². The van der Waals surface area contributed by atoms with Gasteiger partial charge in [-0.2, -0.15) is 0 Å². The first-order valence-electron chi connectivity index (χ1n) is 18.9. The van der Waals surface area contributed by atoms with Gasteiger partial charge in [-0.3, -0.25) is 9.59 Å². The first-order chi connectivity index (χ1) is 25.7. The van der Waals surface area contributed by atoms with Crippen molar-refractivity contribution in [1.82, 2.24) is 0 Å². The van der Waals surface area contributed by atoms with Gasteiger partial charge < -0.3 is 35.0 Å². The van der Waals surface area contributed by atoms with Crippen LogP contribution in [0, 0.1) is 10.8 Å². The standard InChI is InChI=1S/C46H62O9/c1-28(17-13-19-30(3)21-23-34-32(5)39(49)36(48)25-45(34,7)8)15-11-12-16-29(2)18-14-20-31(4)22-24-35-33(6)40(50)37(26-46(35,9)10)54-44-43(53)42(52)41(51)38(27-47)55-44/h11-24,36-38,41-44,47-48,51-53H,25-27H2,1-10H3/b12-11+,17-13+,18-14+,23-21+,24-22+,28-15+,29-16+,30-19+,31-20+/t36?,37?,38?,41-,42+,43?,44?/m1/s1. The lowest BCUT2D eigenvalue weighted by Crippen LogP contribution is -2.60. The average molecular weight is 759 g/mol. The second-order valence-corrected chi connectivity index (χ2v) is 16.2. The molecule has 3 aliphatic rings. The number of aliphatic hydroxyl groups is 5. The first-order valence-corrected chi connectivity index (χ1v) is 18.9. The van der Waals surface area contributed by atoms with Gasteiger partial charge in [0.2, 0.25) is 0 Å². The summed E-state index contributed by atoms with van der Waals surface area (Å²) in [7, 11) is 0. The predicted molar refractivity (Wildman–Crippen MR) is 218 cm³/mol. The van der Waals surface area contributed by atoms with Crippen LogP contribution >= 0.6 is 0 Å². The number of Topliss-reactive ketones (excluding diaryl/α,β-unsaturated/α-hetero) is 2. The van der Waals surface area contributed by atoms with Crippen molar-refractivity contribution in [2.45, 2.75) is 125 Å². The molecule has 0 aromatic rings. The molecule has 0 radical (unpaired) electrons. The molecule has 9 heteroatoms. The van der Waals surface area contributed by atoms with Crippen LogP contribution in [0.4, 0.5) is 0 Å². The molecule has 1 fully saturated rings. The lowest BCUT2D eigenvalue weighted by atomic mass is 9.71. The van der Waals surface area contributed by atoms with Crippen LogP contribution in [0.5, 0.6) is 0 Å². The lowest BCUT2D eigenvalue weighted by Gasteiger charge is -2.43. The quantitative estimate of drug-likeness (QED) is 0.129. The van der Waals surface area contributed by atoms with E-state index >= 15 is 0 Å². The highest BCUT2D eigenvalue weighted by Crippen LogP contribution is 2.42. The fourth-order valence-corrected chi connectivity index (χ4v) is 7.05. The summed E-state index contributed by atoms with van der Waals surface area (Å²) in [5.74, 6) is -0.442. The van der Waals surface area contributed by atoms with Crippen LogP contribution in [0.3, 0.4) is 0 Å². The van der Waals surface area contributed by atoms with Crippen LogP contribution in [0.15, 0.2) is 130 Å². The highest BCUT2D eigenvalue weighted by molar-refractivity contribution is 6.01. The van der Waals surface area contributed by atoms with Crippen molar-refractivity contribution in [3.8, 4) is 0 Å². The number of hydrogen-bond donors (Lipinski definition) is 5. The van der Waals surface area contributed by atoms with Gasteiger partial charge in [-0.25, -0.2) is 0 Å². The molecule has 5 N–H and O–H groups in total. The number of aliphatic hydroxyl groups excluding tert-OH is 5. The minimum atomic E-state index is -1.58. The molecule has 9 nitrogen and oxygen atoms in total. The number of carbonyl (C=O) groups is 2. The maximum absolute atomic E-state index is 13.3. The average Bonchev–Trinajstić information content (AvgIpc) is 3.10. The molecule has 55 heavy (non-hydrogen) atoms. The number of ether oxygens (including phenoxy) is 2. The Morgan fingerprint density at radius 3 is 1.58 bits per heavy atom. The molecule has 7 atom stereocenters. The molecule has 3 rings (SSSR count). The Labute approximate surface area is 327 Å². The lowest BCUT2D eigenvalue weighted by molar-refractivity contribution is -0.309. The van der Waals surface area contributed by atoms with Crippen molar-refractivity contribution >= 4 is 11.6 Å². The van der Waals surface area contributed by atoms with Gasteiger partial charge in [0.15, 0.2) is 17.9 Å². The van der Waals surface area contributed by atoms with Gasteiger partial charge >= 0.3 is 0 Å². The Balaban J connectivity index is 1.56. The molecule has 0 amide bonds. The molecule has 1 heterocycles. The second-order valence-electron chi connectivity index (χ2n) is 16.2. The molecular formula is C46H62O9. The Morgan fingerprint density at radius 1 is 0.655 bits per heavy atom. The summed E-state index contributed by atoms with van der Waals surface area (Å²) in [6, 6.07) is 0. The maximum Gasteiger partial charge on any atom is 0.187 e. The smallest absolute Gasteiger partial charge is 0.187 e. The van der Waals surface area contributed by atoms with E-state index in [2.05, 4.69) is 13.8 Å². The summed E-state index contributed by atoms with van der Waals surface area (Å²) >= 11 is 0. The second kappa shape index (κ2) is 19.9. The third kappa shape index (κ3) is 12.3. The normalized spacial score (nSPS) is 30.5. The van der Waals surface area contributed by atoms with Crippen molar-refractivity contribution in [1.29, 1.82) is 0 Å². The number of hydrogen-bond acceptors (Lipinski definition) is 9. The summed E-state index contributed by atoms with van der Waals surface area (Å²) in [5.41, 5.74) is 6.49. The highest BCUT2D eigenvalue weighted by atomic mass is 16.7. The number of ketones is 2. The molecule has 0 spiro atoms. The highest BCUT2D eigenvalue weighted by Gasteiger charge is 2.47. The molecule has 0 bridgehead atoms. The monoisotopic (exact) mass is 758 g/mol. The fourth-order valence-electron chi connectivity index (χ4n) is 7.05. The topological polar surface area (TPSA) is 154 Å². The van der Waals surface area contributed by atoms with E-state index in [9.17, 15) is 35.1 Å². The Bertz CT molecular complexity index is 1770. The fraction of sp³-hybridized carbons (Fsp3) is 0.478. The third-order valence-corrected chi connectivity index (χ3v) is 10.4. The molecule has 1 aliphatic heterocycles. The number of carbonyl (C=O) groups excluding carboxylic acids is 2. The van der Waals surface area contributed by atoms with Gasteiger partial charge in [0, 0.05) is 0 Å². The van der Waals surface area contributed by atoms with Gasteiger partial charge in [-0.1, -0.05) is 135 Å². The van der Waals surface area contributed by atoms with Crippen molar-refractivity contribution in [2.24, 2.45) is 10.8 Å². The van der Waals surface area contributed by atoms with E-state index in [0.29, 0.717) is 24.0 Å². The number of allylic oxidation sites excluding steroid dienone is 20. The summed E-state index contributed by atoms with van der Waals surface area (Å²) < 4.78 is 11.3. The van der Waals surface area contributed by atoms with Gasteiger partial charge in [-0.15, -0.1) is 0 Å². The minimum Gasteiger partial charge on any atom is -0.394 e. The molecular weight excluding hydrogens is 696 g/mol. The van der Waals surface area contributed by atoms with E-state index in [1.54, 1.807) is 13.8 Å². The first kappa shape index (κ1) is 45.6. The number of rotatable bonds is 13. The zero-order valence-corrected chi connectivity index (χ0v) is 34.1. The van der Waals surface area contributed by atoms with E-state index in [1.807, 2.05) is 127 Å². The summed E-state index contributed by atoms with van der Waals surface area (Å²) in [4.78, 5) is 25.6. The zero-order valence-electron chi connectivity index (χ0n) is 34.1. The SMILES string of the molecule is CC1=C(/C=C/C(C)=C/C=C/C(C)=C/C=C/C=C(C)/C=C/C=C(C)/C=C/C2=C(C)C(=O)C(OC3OC(CO)[C@@H](O)[C@H](O)C3O)CC2(C)C)C(C)(C)CC(O)C1=O. The van der Waals surface area contributed by atoms with Gasteiger partial charge in [0.1, 0.15) is 36.6 Å². The van der Waals surface area contributed by atoms with Crippen molar-refractivity contribution in [3.05, 3.63) is 130 Å². The van der Waals surface area contributed by atoms with E-state index < -0.39 is 54.9 Å². The van der Waals surface area contributed by atoms with Crippen LogP contribution in [-0.4, -0.2) is 86.6 Å². The Kier molecular flexibility index (Phi) is 16.5. The minimum absolute atomic E-state index is 0.190. The molecule has 2 aliphatic carbocycles. The molecule has 0 aromatic carbocycles.